The minimum absolute atomic E-state index is 0.173. The number of thiazole rings is 1. The summed E-state index contributed by atoms with van der Waals surface area (Å²) in [5.41, 5.74) is 2.20. The van der Waals surface area contributed by atoms with Gasteiger partial charge < -0.3 is 15.5 Å². The zero-order valence-electron chi connectivity index (χ0n) is 15.3. The zero-order valence-corrected chi connectivity index (χ0v) is 16.9. The molecule has 2 aromatic rings. The van der Waals surface area contributed by atoms with E-state index in [9.17, 15) is 9.59 Å². The van der Waals surface area contributed by atoms with Crippen molar-refractivity contribution < 1.29 is 9.59 Å². The maximum atomic E-state index is 12.5. The van der Waals surface area contributed by atoms with Crippen LogP contribution in [0.1, 0.15) is 17.6 Å². The van der Waals surface area contributed by atoms with Gasteiger partial charge in [-0.25, -0.2) is 9.78 Å². The second-order valence-corrected chi connectivity index (χ2v) is 7.90. The Bertz CT molecular complexity index is 833. The standard InChI is InChI=1S/C18H22ClN5O2S/c1-12(25)20-14-3-4-17(16(19)9-14)22-18(26)24-7-5-23(6-8-24)10-15-11-27-13(2)21-15/h3-4,9,11H,5-8,10H2,1-2H3,(H,20,25)(H,22,26). The van der Waals surface area contributed by atoms with Gasteiger partial charge in [-0.15, -0.1) is 11.3 Å². The molecule has 3 amide bonds. The van der Waals surface area contributed by atoms with E-state index < -0.39 is 0 Å². The normalized spacial score (nSPS) is 14.9. The molecule has 1 aromatic heterocycles. The van der Waals surface area contributed by atoms with Crippen molar-refractivity contribution in [1.82, 2.24) is 14.8 Å². The van der Waals surface area contributed by atoms with Gasteiger partial charge in [-0.3, -0.25) is 9.69 Å². The SMILES string of the molecule is CC(=O)Nc1ccc(NC(=O)N2CCN(Cc3csc(C)n3)CC2)c(Cl)c1. The third kappa shape index (κ3) is 5.41. The molecule has 144 valence electrons. The van der Waals surface area contributed by atoms with Crippen LogP contribution in [0, 0.1) is 6.92 Å². The second-order valence-electron chi connectivity index (χ2n) is 6.43. The summed E-state index contributed by atoms with van der Waals surface area (Å²) in [6, 6.07) is 4.84. The Kier molecular flexibility index (Phi) is 6.30. The minimum atomic E-state index is -0.173. The Balaban J connectivity index is 1.51. The number of rotatable bonds is 4. The lowest BCUT2D eigenvalue weighted by molar-refractivity contribution is -0.114. The first-order chi connectivity index (χ1) is 12.9. The van der Waals surface area contributed by atoms with Crippen LogP contribution >= 0.6 is 22.9 Å². The molecule has 7 nitrogen and oxygen atoms in total. The molecule has 2 heterocycles. The molecule has 1 aliphatic rings. The Labute approximate surface area is 167 Å². The molecule has 9 heteroatoms. The van der Waals surface area contributed by atoms with Crippen molar-refractivity contribution in [2.24, 2.45) is 0 Å². The fourth-order valence-corrected chi connectivity index (χ4v) is 3.74. The van der Waals surface area contributed by atoms with Gasteiger partial charge in [-0.05, 0) is 25.1 Å². The van der Waals surface area contributed by atoms with E-state index in [-0.39, 0.29) is 11.9 Å². The molecule has 0 unspecified atom stereocenters. The lowest BCUT2D eigenvalue weighted by atomic mass is 10.2. The number of aryl methyl sites for hydroxylation is 1. The van der Waals surface area contributed by atoms with Crippen molar-refractivity contribution in [3.8, 4) is 0 Å². The van der Waals surface area contributed by atoms with E-state index in [1.54, 1.807) is 34.4 Å². The summed E-state index contributed by atoms with van der Waals surface area (Å²) in [5, 5.41) is 9.04. The predicted octanol–water partition coefficient (Wildman–Crippen LogP) is 3.41. The molecular formula is C18H22ClN5O2S. The van der Waals surface area contributed by atoms with E-state index in [0.717, 1.165) is 30.3 Å². The van der Waals surface area contributed by atoms with Gasteiger partial charge in [-0.1, -0.05) is 11.6 Å². The summed E-state index contributed by atoms with van der Waals surface area (Å²) >= 11 is 7.87. The van der Waals surface area contributed by atoms with Gasteiger partial charge in [0.15, 0.2) is 0 Å². The molecule has 0 bridgehead atoms. The molecule has 0 saturated carbocycles. The summed E-state index contributed by atoms with van der Waals surface area (Å²) in [5.74, 6) is -0.173. The maximum absolute atomic E-state index is 12.5. The van der Waals surface area contributed by atoms with Crippen molar-refractivity contribution in [3.63, 3.8) is 0 Å². The molecule has 1 aliphatic heterocycles. The molecule has 0 radical (unpaired) electrons. The minimum Gasteiger partial charge on any atom is -0.326 e. The van der Waals surface area contributed by atoms with E-state index in [4.69, 9.17) is 11.6 Å². The van der Waals surface area contributed by atoms with Gasteiger partial charge in [0, 0.05) is 50.7 Å². The number of carbonyl (C=O) groups is 2. The van der Waals surface area contributed by atoms with Gasteiger partial charge in [0.05, 0.1) is 21.4 Å². The fraction of sp³-hybridized carbons (Fsp3) is 0.389. The highest BCUT2D eigenvalue weighted by molar-refractivity contribution is 7.09. The predicted molar refractivity (Wildman–Crippen MR) is 108 cm³/mol. The first-order valence-corrected chi connectivity index (χ1v) is 9.93. The third-order valence-electron chi connectivity index (χ3n) is 4.24. The van der Waals surface area contributed by atoms with Crippen LogP contribution in [0.25, 0.3) is 0 Å². The summed E-state index contributed by atoms with van der Waals surface area (Å²) in [7, 11) is 0. The quantitative estimate of drug-likeness (QED) is 0.814. The maximum Gasteiger partial charge on any atom is 0.321 e. The van der Waals surface area contributed by atoms with Crippen LogP contribution < -0.4 is 10.6 Å². The summed E-state index contributed by atoms with van der Waals surface area (Å²) < 4.78 is 0. The molecule has 27 heavy (non-hydrogen) atoms. The smallest absolute Gasteiger partial charge is 0.321 e. The largest absolute Gasteiger partial charge is 0.326 e. The number of hydrogen-bond donors (Lipinski definition) is 2. The number of urea groups is 1. The van der Waals surface area contributed by atoms with Crippen LogP contribution in [0.4, 0.5) is 16.2 Å². The molecule has 2 N–H and O–H groups in total. The van der Waals surface area contributed by atoms with Crippen LogP contribution in [0.2, 0.25) is 5.02 Å². The average molecular weight is 408 g/mol. The van der Waals surface area contributed by atoms with Gasteiger partial charge in [0.2, 0.25) is 5.91 Å². The van der Waals surface area contributed by atoms with Gasteiger partial charge in [-0.2, -0.15) is 0 Å². The Morgan fingerprint density at radius 2 is 1.96 bits per heavy atom. The highest BCUT2D eigenvalue weighted by Crippen LogP contribution is 2.26. The van der Waals surface area contributed by atoms with E-state index in [1.807, 2.05) is 6.92 Å². The van der Waals surface area contributed by atoms with Gasteiger partial charge >= 0.3 is 6.03 Å². The number of halogens is 1. The number of carbonyl (C=O) groups excluding carboxylic acids is 2. The van der Waals surface area contributed by atoms with Crippen molar-refractivity contribution in [2.45, 2.75) is 20.4 Å². The molecule has 1 aromatic carbocycles. The van der Waals surface area contributed by atoms with Crippen LogP contribution in [-0.2, 0) is 11.3 Å². The summed E-state index contributed by atoms with van der Waals surface area (Å²) in [6.07, 6.45) is 0. The number of amides is 3. The van der Waals surface area contributed by atoms with Crippen molar-refractivity contribution in [1.29, 1.82) is 0 Å². The second kappa shape index (κ2) is 8.69. The molecule has 1 fully saturated rings. The average Bonchev–Trinajstić information content (AvgIpc) is 3.02. The van der Waals surface area contributed by atoms with Crippen molar-refractivity contribution in [2.75, 3.05) is 36.8 Å². The van der Waals surface area contributed by atoms with Crippen molar-refractivity contribution in [3.05, 3.63) is 39.3 Å². The lowest BCUT2D eigenvalue weighted by Crippen LogP contribution is -2.49. The number of benzene rings is 1. The molecule has 0 atom stereocenters. The van der Waals surface area contributed by atoms with Gasteiger partial charge in [0.25, 0.3) is 0 Å². The Morgan fingerprint density at radius 3 is 2.56 bits per heavy atom. The van der Waals surface area contributed by atoms with E-state index >= 15 is 0 Å². The summed E-state index contributed by atoms with van der Waals surface area (Å²) in [6.45, 7) is 7.16. The summed E-state index contributed by atoms with van der Waals surface area (Å²) in [4.78, 5) is 32.2. The van der Waals surface area contributed by atoms with Crippen LogP contribution in [0.5, 0.6) is 0 Å². The van der Waals surface area contributed by atoms with Crippen molar-refractivity contribution >= 4 is 46.3 Å². The number of anilines is 2. The van der Waals surface area contributed by atoms with E-state index in [2.05, 4.69) is 25.9 Å². The van der Waals surface area contributed by atoms with Crippen LogP contribution in [-0.4, -0.2) is 52.9 Å². The first kappa shape index (κ1) is 19.6. The third-order valence-corrected chi connectivity index (χ3v) is 5.38. The number of hydrogen-bond acceptors (Lipinski definition) is 5. The number of aromatic nitrogens is 1. The highest BCUT2D eigenvalue weighted by atomic mass is 35.5. The molecule has 0 spiro atoms. The molecular weight excluding hydrogens is 386 g/mol. The number of nitrogens with zero attached hydrogens (tertiary/aromatic N) is 3. The zero-order chi connectivity index (χ0) is 19.4. The van der Waals surface area contributed by atoms with Crippen LogP contribution in [0.3, 0.4) is 0 Å². The van der Waals surface area contributed by atoms with Crippen LogP contribution in [0.15, 0.2) is 23.6 Å². The van der Waals surface area contributed by atoms with E-state index in [1.165, 1.54) is 6.92 Å². The van der Waals surface area contributed by atoms with Gasteiger partial charge in [0.1, 0.15) is 0 Å². The number of nitrogens with one attached hydrogen (secondary N) is 2. The molecule has 3 rings (SSSR count). The fourth-order valence-electron chi connectivity index (χ4n) is 2.91. The Hall–Kier alpha value is -2.16. The highest BCUT2D eigenvalue weighted by Gasteiger charge is 2.22. The molecule has 0 aliphatic carbocycles. The molecule has 1 saturated heterocycles. The Morgan fingerprint density at radius 1 is 1.22 bits per heavy atom. The first-order valence-electron chi connectivity index (χ1n) is 8.67. The topological polar surface area (TPSA) is 77.6 Å². The number of piperazine rings is 1. The van der Waals surface area contributed by atoms with E-state index in [0.29, 0.717) is 29.5 Å². The lowest BCUT2D eigenvalue weighted by Gasteiger charge is -2.34. The monoisotopic (exact) mass is 407 g/mol.